The van der Waals surface area contributed by atoms with Crippen molar-refractivity contribution in [1.82, 2.24) is 9.97 Å². The van der Waals surface area contributed by atoms with Crippen LogP contribution in [-0.4, -0.2) is 23.1 Å². The molecule has 0 amide bonds. The van der Waals surface area contributed by atoms with Gasteiger partial charge in [0.05, 0.1) is 6.54 Å². The third kappa shape index (κ3) is 1.67. The number of anilines is 1. The van der Waals surface area contributed by atoms with E-state index in [1.54, 1.807) is 0 Å². The van der Waals surface area contributed by atoms with Crippen LogP contribution in [0.25, 0.3) is 0 Å². The Morgan fingerprint density at radius 3 is 2.75 bits per heavy atom. The van der Waals surface area contributed by atoms with Crippen molar-refractivity contribution in [2.24, 2.45) is 17.6 Å². The summed E-state index contributed by atoms with van der Waals surface area (Å²) >= 11 is 0. The average Bonchev–Trinajstić information content (AvgIpc) is 2.89. The molecule has 0 bridgehead atoms. The Morgan fingerprint density at radius 2 is 2.06 bits per heavy atom. The molecule has 2 aliphatic rings. The SMILES string of the molecule is NCc1nccc(N2CC3CCCC3C2)n1. The van der Waals surface area contributed by atoms with Crippen LogP contribution in [-0.2, 0) is 6.54 Å². The van der Waals surface area contributed by atoms with Crippen LogP contribution in [0.1, 0.15) is 25.1 Å². The molecule has 1 aromatic heterocycles. The van der Waals surface area contributed by atoms with Crippen molar-refractivity contribution in [3.8, 4) is 0 Å². The number of aromatic nitrogens is 2. The lowest BCUT2D eigenvalue weighted by Crippen LogP contribution is -2.22. The maximum atomic E-state index is 5.57. The van der Waals surface area contributed by atoms with Crippen molar-refractivity contribution in [2.45, 2.75) is 25.8 Å². The first-order valence-corrected chi connectivity index (χ1v) is 6.14. The summed E-state index contributed by atoms with van der Waals surface area (Å²) in [4.78, 5) is 11.0. The number of hydrogen-bond acceptors (Lipinski definition) is 4. The summed E-state index contributed by atoms with van der Waals surface area (Å²) in [5, 5.41) is 0. The minimum absolute atomic E-state index is 0.425. The first-order chi connectivity index (χ1) is 7.86. The molecule has 0 aromatic carbocycles. The zero-order valence-electron chi connectivity index (χ0n) is 9.47. The van der Waals surface area contributed by atoms with Crippen molar-refractivity contribution >= 4 is 5.82 Å². The lowest BCUT2D eigenvalue weighted by atomic mass is 10.0. The van der Waals surface area contributed by atoms with E-state index >= 15 is 0 Å². The second kappa shape index (κ2) is 4.01. The van der Waals surface area contributed by atoms with Crippen LogP contribution in [0.3, 0.4) is 0 Å². The predicted octanol–water partition coefficient (Wildman–Crippen LogP) is 1.17. The van der Waals surface area contributed by atoms with Gasteiger partial charge in [0.15, 0.2) is 0 Å². The number of fused-ring (bicyclic) bond motifs is 1. The van der Waals surface area contributed by atoms with Gasteiger partial charge in [0.1, 0.15) is 11.6 Å². The van der Waals surface area contributed by atoms with E-state index in [2.05, 4.69) is 14.9 Å². The van der Waals surface area contributed by atoms with Crippen molar-refractivity contribution < 1.29 is 0 Å². The summed E-state index contributed by atoms with van der Waals surface area (Å²) in [5.41, 5.74) is 5.57. The summed E-state index contributed by atoms with van der Waals surface area (Å²) in [6.45, 7) is 2.77. The van der Waals surface area contributed by atoms with E-state index in [1.807, 2.05) is 12.3 Å². The van der Waals surface area contributed by atoms with Gasteiger partial charge in [-0.15, -0.1) is 0 Å². The van der Waals surface area contributed by atoms with E-state index in [9.17, 15) is 0 Å². The zero-order valence-corrected chi connectivity index (χ0v) is 9.47. The van der Waals surface area contributed by atoms with Crippen LogP contribution in [0.2, 0.25) is 0 Å². The normalized spacial score (nSPS) is 28.4. The summed E-state index contributed by atoms with van der Waals surface area (Å²) < 4.78 is 0. The molecule has 86 valence electrons. The van der Waals surface area contributed by atoms with Crippen LogP contribution in [0.15, 0.2) is 12.3 Å². The monoisotopic (exact) mass is 218 g/mol. The number of nitrogens with zero attached hydrogens (tertiary/aromatic N) is 3. The van der Waals surface area contributed by atoms with Gasteiger partial charge in [-0.25, -0.2) is 9.97 Å². The van der Waals surface area contributed by atoms with E-state index < -0.39 is 0 Å². The molecule has 1 saturated carbocycles. The quantitative estimate of drug-likeness (QED) is 0.809. The average molecular weight is 218 g/mol. The molecule has 1 aliphatic carbocycles. The zero-order chi connectivity index (χ0) is 11.0. The molecule has 1 saturated heterocycles. The summed E-state index contributed by atoms with van der Waals surface area (Å²) in [7, 11) is 0. The first-order valence-electron chi connectivity index (χ1n) is 6.14. The molecule has 2 fully saturated rings. The molecule has 2 N–H and O–H groups in total. The largest absolute Gasteiger partial charge is 0.356 e. The van der Waals surface area contributed by atoms with Crippen molar-refractivity contribution in [2.75, 3.05) is 18.0 Å². The smallest absolute Gasteiger partial charge is 0.144 e. The minimum Gasteiger partial charge on any atom is -0.356 e. The van der Waals surface area contributed by atoms with Gasteiger partial charge in [-0.1, -0.05) is 6.42 Å². The number of rotatable bonds is 2. The van der Waals surface area contributed by atoms with Crippen molar-refractivity contribution in [3.63, 3.8) is 0 Å². The third-order valence-electron chi connectivity index (χ3n) is 3.92. The van der Waals surface area contributed by atoms with Gasteiger partial charge in [-0.05, 0) is 30.7 Å². The second-order valence-corrected chi connectivity index (χ2v) is 4.89. The Hall–Kier alpha value is -1.16. The van der Waals surface area contributed by atoms with E-state index in [0.717, 1.165) is 23.5 Å². The van der Waals surface area contributed by atoms with Gasteiger partial charge < -0.3 is 10.6 Å². The molecular weight excluding hydrogens is 200 g/mol. The number of nitrogens with two attached hydrogens (primary N) is 1. The van der Waals surface area contributed by atoms with E-state index in [0.29, 0.717) is 6.54 Å². The number of hydrogen-bond donors (Lipinski definition) is 1. The van der Waals surface area contributed by atoms with Crippen molar-refractivity contribution in [1.29, 1.82) is 0 Å². The van der Waals surface area contributed by atoms with Crippen molar-refractivity contribution in [3.05, 3.63) is 18.1 Å². The van der Waals surface area contributed by atoms with E-state index in [4.69, 9.17) is 5.73 Å². The fourth-order valence-electron chi connectivity index (χ4n) is 3.08. The standard InChI is InChI=1S/C12H18N4/c13-6-11-14-5-4-12(15-11)16-7-9-2-1-3-10(9)8-16/h4-5,9-10H,1-3,6-8,13H2. The highest BCUT2D eigenvalue weighted by molar-refractivity contribution is 5.39. The van der Waals surface area contributed by atoms with Crippen LogP contribution in [0.4, 0.5) is 5.82 Å². The Balaban J connectivity index is 1.78. The lowest BCUT2D eigenvalue weighted by molar-refractivity contribution is 0.494. The van der Waals surface area contributed by atoms with Gasteiger partial charge >= 0.3 is 0 Å². The van der Waals surface area contributed by atoms with E-state index in [1.165, 1.54) is 32.4 Å². The van der Waals surface area contributed by atoms with Gasteiger partial charge in [0.25, 0.3) is 0 Å². The molecule has 4 heteroatoms. The maximum absolute atomic E-state index is 5.57. The molecule has 3 rings (SSSR count). The molecule has 0 radical (unpaired) electrons. The summed E-state index contributed by atoms with van der Waals surface area (Å²) in [6, 6.07) is 2.00. The third-order valence-corrected chi connectivity index (χ3v) is 3.92. The molecule has 2 heterocycles. The Morgan fingerprint density at radius 1 is 1.31 bits per heavy atom. The Kier molecular flexibility index (Phi) is 2.52. The molecular formula is C12H18N4. The topological polar surface area (TPSA) is 55.0 Å². The molecule has 1 aromatic rings. The lowest BCUT2D eigenvalue weighted by Gasteiger charge is -2.18. The molecule has 2 atom stereocenters. The molecule has 4 nitrogen and oxygen atoms in total. The highest BCUT2D eigenvalue weighted by Crippen LogP contribution is 2.38. The predicted molar refractivity (Wildman–Crippen MR) is 63.0 cm³/mol. The highest BCUT2D eigenvalue weighted by atomic mass is 15.2. The summed E-state index contributed by atoms with van der Waals surface area (Å²) in [5.74, 6) is 3.60. The fourth-order valence-corrected chi connectivity index (χ4v) is 3.08. The second-order valence-electron chi connectivity index (χ2n) is 4.89. The molecule has 1 aliphatic heterocycles. The fraction of sp³-hybridized carbons (Fsp3) is 0.667. The van der Waals surface area contributed by atoms with Crippen LogP contribution in [0, 0.1) is 11.8 Å². The van der Waals surface area contributed by atoms with Crippen LogP contribution in [0.5, 0.6) is 0 Å². The Bertz CT molecular complexity index is 367. The highest BCUT2D eigenvalue weighted by Gasteiger charge is 2.36. The summed E-state index contributed by atoms with van der Waals surface area (Å²) in [6.07, 6.45) is 6.03. The molecule has 0 spiro atoms. The van der Waals surface area contributed by atoms with Crippen LogP contribution >= 0.6 is 0 Å². The maximum Gasteiger partial charge on any atom is 0.144 e. The minimum atomic E-state index is 0.425. The van der Waals surface area contributed by atoms with Gasteiger partial charge in [-0.2, -0.15) is 0 Å². The van der Waals surface area contributed by atoms with E-state index in [-0.39, 0.29) is 0 Å². The van der Waals surface area contributed by atoms with Crippen LogP contribution < -0.4 is 10.6 Å². The molecule has 16 heavy (non-hydrogen) atoms. The van der Waals surface area contributed by atoms with Gasteiger partial charge in [0.2, 0.25) is 0 Å². The first kappa shape index (κ1) is 10.0. The Labute approximate surface area is 95.9 Å². The molecule has 2 unspecified atom stereocenters. The van der Waals surface area contributed by atoms with Gasteiger partial charge in [0, 0.05) is 19.3 Å². The van der Waals surface area contributed by atoms with Gasteiger partial charge in [-0.3, -0.25) is 0 Å².